The maximum atomic E-state index is 14.6. The van der Waals surface area contributed by atoms with Crippen molar-refractivity contribution in [1.82, 2.24) is 59.7 Å². The average Bonchev–Trinajstić information content (AvgIpc) is 1.66. The predicted octanol–water partition coefficient (Wildman–Crippen LogP) is 8.83. The topological polar surface area (TPSA) is 275 Å². The Hall–Kier alpha value is -5.01. The average molecular weight is 1690 g/mol. The Kier molecular flexibility index (Phi) is 34.6. The molecular weight excluding hydrogens is 1630 g/mol. The lowest BCUT2D eigenvalue weighted by Gasteiger charge is -2.24. The molecule has 6 aromatic heterocycles. The number of hydrogen-bond acceptors (Lipinski definition) is 19. The van der Waals surface area contributed by atoms with Crippen LogP contribution in [0.4, 0.5) is 20.4 Å². The molecule has 21 nitrogen and oxygen atoms in total. The molecule has 4 atom stereocenters. The summed E-state index contributed by atoms with van der Waals surface area (Å²) in [5.41, 5.74) is 6.66. The molecule has 4 N–H and O–H groups in total. The minimum absolute atomic E-state index is 0. The second-order valence-corrected chi connectivity index (χ2v) is 37.3. The molecule has 95 heavy (non-hydrogen) atoms. The first-order chi connectivity index (χ1) is 45.0. The van der Waals surface area contributed by atoms with Gasteiger partial charge in [0.05, 0.1) is 23.6 Å². The number of anilines is 2. The minimum Gasteiger partial charge on any atom is -0.480 e. The lowest BCUT2D eigenvalue weighted by Crippen LogP contribution is -2.44. The highest BCUT2D eigenvalue weighted by atomic mass is 79.9. The van der Waals surface area contributed by atoms with Crippen molar-refractivity contribution in [3.8, 4) is 22.3 Å². The number of alkyl halides is 2. The number of carbonyl (C=O) groups excluding carboxylic acids is 5. The van der Waals surface area contributed by atoms with Crippen LogP contribution in [-0.2, 0) is 170 Å². The third-order valence-electron chi connectivity index (χ3n) is 13.6. The first kappa shape index (κ1) is 80.7. The minimum atomic E-state index is -1.35. The van der Waals surface area contributed by atoms with Crippen LogP contribution < -0.4 is 16.0 Å². The molecule has 2 aromatic carbocycles. The van der Waals surface area contributed by atoms with Gasteiger partial charge in [0, 0.05) is 205 Å². The second kappa shape index (κ2) is 40.8. The van der Waals surface area contributed by atoms with Crippen LogP contribution in [-0.4, -0.2) is 132 Å². The number of benzene rings is 2. The lowest BCUT2D eigenvalue weighted by molar-refractivity contribution is -0.138. The van der Waals surface area contributed by atoms with Gasteiger partial charge < -0.3 is 26.0 Å². The molecule has 2 saturated heterocycles. The fraction of sp³-hybridized carbons (Fsp3) is 0.321. The number of Topliss-reactive ketones (excluding diaryl/α,β-unsaturated/α-hetero) is 2. The molecule has 2 fully saturated rings. The van der Waals surface area contributed by atoms with Crippen LogP contribution in [0.5, 0.6) is 0 Å². The fourth-order valence-corrected chi connectivity index (χ4v) is 23.6. The van der Waals surface area contributed by atoms with Crippen LogP contribution in [0.2, 0.25) is 0 Å². The number of aryl methyl sites for hydroxylation is 4. The van der Waals surface area contributed by atoms with Crippen LogP contribution >= 0.6 is 44.3 Å². The van der Waals surface area contributed by atoms with Gasteiger partial charge in [-0.05, 0) is 117 Å². The summed E-state index contributed by atoms with van der Waals surface area (Å²) in [7, 11) is 13.0. The molecule has 0 spiro atoms. The van der Waals surface area contributed by atoms with Crippen molar-refractivity contribution < 1.29 is 42.7 Å². The summed E-state index contributed by atoms with van der Waals surface area (Å²) >= 11 is 24.7. The summed E-state index contributed by atoms with van der Waals surface area (Å²) in [6.07, 6.45) is 6.04. The monoisotopic (exact) mass is 1680 g/mol. The molecule has 0 unspecified atom stereocenters. The van der Waals surface area contributed by atoms with Crippen molar-refractivity contribution >= 4 is 238 Å². The number of aromatic nitrogens is 10. The molecule has 0 radical (unpaired) electrons. The van der Waals surface area contributed by atoms with Crippen LogP contribution in [0, 0.1) is 13.8 Å². The summed E-state index contributed by atoms with van der Waals surface area (Å²) in [4.78, 5) is 100. The molecule has 8 heterocycles. The van der Waals surface area contributed by atoms with Crippen molar-refractivity contribution in [2.24, 2.45) is 0 Å². The van der Waals surface area contributed by atoms with Gasteiger partial charge in [0.2, 0.25) is 17.7 Å². The number of likely N-dealkylation sites (tertiary alicyclic amines) is 1. The Labute approximate surface area is 613 Å². The fourth-order valence-electron chi connectivity index (χ4n) is 9.29. The molecule has 0 saturated carbocycles. The number of ketones is 2. The highest BCUT2D eigenvalue weighted by Gasteiger charge is 2.40. The van der Waals surface area contributed by atoms with Gasteiger partial charge in [0.25, 0.3) is 0 Å². The van der Waals surface area contributed by atoms with E-state index < -0.39 is 42.2 Å². The van der Waals surface area contributed by atoms with Gasteiger partial charge in [0.1, 0.15) is 75.4 Å². The van der Waals surface area contributed by atoms with E-state index in [1.54, 1.807) is 83.5 Å². The van der Waals surface area contributed by atoms with E-state index in [4.69, 9.17) is 5.11 Å². The van der Waals surface area contributed by atoms with Gasteiger partial charge in [-0.15, -0.1) is 12.4 Å². The number of carbonyl (C=O) groups is 6. The van der Waals surface area contributed by atoms with E-state index in [0.29, 0.717) is 60.7 Å². The number of fused-ring (bicyclic) bond motifs is 2. The zero-order valence-electron chi connectivity index (χ0n) is 50.6. The van der Waals surface area contributed by atoms with Gasteiger partial charge in [0.15, 0.2) is 11.6 Å². The summed E-state index contributed by atoms with van der Waals surface area (Å²) in [5.74, 6) is -0.465. The van der Waals surface area contributed by atoms with E-state index in [0.717, 1.165) is 39.8 Å². The lowest BCUT2D eigenvalue weighted by atomic mass is 10.0. The number of halogens is 5. The zero-order valence-corrected chi connectivity index (χ0v) is 65.2. The number of hydrogen-bond donors (Lipinski definition) is 4. The molecule has 39 heteroatoms. The zero-order chi connectivity index (χ0) is 68.6. The van der Waals surface area contributed by atoms with Crippen LogP contribution in [0.25, 0.3) is 44.1 Å². The highest BCUT2D eigenvalue weighted by molar-refractivity contribution is 9.10. The largest absolute Gasteiger partial charge is 0.480 e. The van der Waals surface area contributed by atoms with Gasteiger partial charge in [-0.3, -0.25) is 38.1 Å². The molecule has 8 aromatic rings. The highest BCUT2D eigenvalue weighted by Crippen LogP contribution is 2.30. The number of rotatable bonds is 14. The summed E-state index contributed by atoms with van der Waals surface area (Å²) < 4.78 is 31.5. The normalized spacial score (nSPS) is 14.9. The maximum absolute atomic E-state index is 14.6. The van der Waals surface area contributed by atoms with Gasteiger partial charge in [-0.1, -0.05) is 38.1 Å². The Morgan fingerprint density at radius 2 is 1.04 bits per heavy atom. The molecule has 2 aliphatic rings. The first-order valence-corrected chi connectivity index (χ1v) is 43.8. The smallest absolute Gasteiger partial charge is 0.325 e. The second-order valence-electron chi connectivity index (χ2n) is 19.8. The summed E-state index contributed by atoms with van der Waals surface area (Å²) in [6.45, 7) is 9.82. The van der Waals surface area contributed by atoms with Crippen LogP contribution in [0.3, 0.4) is 0 Å². The number of aliphatic carboxylic acids is 1. The predicted molar refractivity (Wildman–Crippen MR) is 408 cm³/mol. The van der Waals surface area contributed by atoms with Crippen LogP contribution in [0.1, 0.15) is 84.3 Å². The Bertz CT molecular complexity index is 4530. The quantitative estimate of drug-likeness (QED) is 0.0584. The van der Waals surface area contributed by atoms with E-state index in [1.165, 1.54) is 81.4 Å². The first-order valence-electron chi connectivity index (χ1n) is 27.6. The Balaban J connectivity index is 0.000000251. The molecule has 0 bridgehead atoms. The molecule has 0 aliphatic carbocycles. The molecular formula is C56H57Br2ClF2N14O7S13. The van der Waals surface area contributed by atoms with Crippen LogP contribution in [0.15, 0.2) is 94.7 Å². The van der Waals surface area contributed by atoms with Gasteiger partial charge in [-0.2, -0.15) is 10.2 Å². The summed E-state index contributed by atoms with van der Waals surface area (Å²) in [6, 6.07) is 16.7. The van der Waals surface area contributed by atoms with E-state index in [9.17, 15) is 37.5 Å². The number of nitrogens with zero attached hydrogens (tertiary/aromatic N) is 11. The Morgan fingerprint density at radius 1 is 0.611 bits per heavy atom. The van der Waals surface area contributed by atoms with E-state index >= 15 is 0 Å². The third-order valence-corrected chi connectivity index (χ3v) is 30.0. The van der Waals surface area contributed by atoms with Gasteiger partial charge in [-0.25, -0.2) is 38.7 Å². The number of pyridine rings is 2. The number of carboxylic acid groups (broad SMARTS) is 1. The molecule has 2 aliphatic heterocycles. The molecule has 10 rings (SSSR count). The SMILES string of the molecule is CC(=O)c1nn(CC(=O)O)c2ccc(-c3cnc(C)nc3)cc12.CCc1ccc(Br)nc1NC(=O)[C@@H]1C[C@@H](F)CN1.CCc1ccc(Br)nc1NC(=O)[C@@H]1C[C@@H](F)CN1C(=O)Cn1nc(C(C)=O)c2cc(-c3cnc(C)nc3)ccc21.Cl.S=S=S=S=S=S.S=S=S=S=S=S=S. The standard InChI is InChI=1S/C28H27BrFN7O3.C16H14N4O3.C12H15BrFN3O.ClH.S7.S6/c1-4-17-6-8-24(29)33-27(17)34-28(40)23-10-20(30)13-36(23)25(39)14-37-22-7-5-18(19-11-31-16(3)32-12-19)9-21(22)26(35-37)15(2)38;1-9(21)16-13-5-11(12-6-17-10(2)18-7-12)3-4-14(13)20(19-16)8-15(22)23;1-2-7-3-4-10(13)16-11(7)17-12(18)9-5-8(14)6-15-9;;1-3-5-7-6-4-2;1-3-5-6-4-2/h5-9,11-12,20,23H,4,10,13-14H2,1-3H3,(H,33,34,40);3-7H,8H2,1-2H3,(H,22,23);3-4,8-9,15H,2,5-6H2,1H3,(H,16,17,18);1H;;/t20-,23+;;8-,9+;;;/m1.1.../s1. The van der Waals surface area contributed by atoms with Crippen molar-refractivity contribution in [2.75, 3.05) is 23.7 Å². The maximum Gasteiger partial charge on any atom is 0.325 e. The Morgan fingerprint density at radius 3 is 1.44 bits per heavy atom. The van der Waals surface area contributed by atoms with E-state index in [2.05, 4.69) is 133 Å². The van der Waals surface area contributed by atoms with E-state index in [1.807, 2.05) is 56.3 Å². The van der Waals surface area contributed by atoms with E-state index in [-0.39, 0.29) is 80.3 Å². The van der Waals surface area contributed by atoms with Gasteiger partial charge >= 0.3 is 5.97 Å². The van der Waals surface area contributed by atoms with Crippen molar-refractivity contribution in [3.63, 3.8) is 0 Å². The molecule has 506 valence electrons. The number of carboxylic acids is 1. The van der Waals surface area contributed by atoms with Crippen molar-refractivity contribution in [1.29, 1.82) is 0 Å². The molecule has 3 amide bonds. The van der Waals surface area contributed by atoms with Crippen molar-refractivity contribution in [3.05, 3.63) is 129 Å². The number of nitrogens with one attached hydrogen (secondary N) is 3. The third kappa shape index (κ3) is 24.1. The van der Waals surface area contributed by atoms with Crippen molar-refractivity contribution in [2.45, 2.75) is 105 Å². The summed E-state index contributed by atoms with van der Waals surface area (Å²) in [5, 5.41) is 27.1. The number of amides is 3.